The molecular weight excluding hydrogens is 197 g/mol. The number of hydrogen-bond acceptors (Lipinski definition) is 2. The first kappa shape index (κ1) is 13.2. The van der Waals surface area contributed by atoms with Gasteiger partial charge in [-0.2, -0.15) is 13.2 Å². The highest BCUT2D eigenvalue weighted by atomic mass is 19.4. The maximum Gasteiger partial charge on any atom is 0.405 e. The highest BCUT2D eigenvalue weighted by Crippen LogP contribution is 2.13. The zero-order valence-corrected chi connectivity index (χ0v) is 8.03. The number of nitrogens with one attached hydrogen (secondary N) is 1. The molecule has 0 spiro atoms. The minimum absolute atomic E-state index is 0.0387. The molecule has 0 aliphatic rings. The molecule has 3 N–H and O–H groups in total. The fourth-order valence-electron chi connectivity index (χ4n) is 0.928. The standard InChI is InChI=1S/C8H15F3N2O/c1-2-6(4-12)3-7(14)13-5-8(9,10)11/h6H,2-5,12H2,1H3,(H,13,14). The molecule has 1 atom stereocenters. The van der Waals surface area contributed by atoms with Crippen molar-refractivity contribution in [1.29, 1.82) is 0 Å². The third kappa shape index (κ3) is 6.71. The molecule has 0 aliphatic carbocycles. The van der Waals surface area contributed by atoms with Crippen LogP contribution < -0.4 is 11.1 Å². The van der Waals surface area contributed by atoms with Gasteiger partial charge < -0.3 is 11.1 Å². The molecule has 0 aromatic heterocycles. The zero-order chi connectivity index (χ0) is 11.2. The summed E-state index contributed by atoms with van der Waals surface area (Å²) < 4.78 is 35.0. The number of carbonyl (C=O) groups excluding carboxylic acids is 1. The Morgan fingerprint density at radius 3 is 2.43 bits per heavy atom. The topological polar surface area (TPSA) is 55.1 Å². The van der Waals surface area contributed by atoms with Crippen LogP contribution in [0.25, 0.3) is 0 Å². The zero-order valence-electron chi connectivity index (χ0n) is 8.03. The lowest BCUT2D eigenvalue weighted by Crippen LogP contribution is -2.35. The van der Waals surface area contributed by atoms with E-state index in [9.17, 15) is 18.0 Å². The Bertz CT molecular complexity index is 178. The van der Waals surface area contributed by atoms with Gasteiger partial charge in [0.25, 0.3) is 0 Å². The average molecular weight is 212 g/mol. The van der Waals surface area contributed by atoms with Gasteiger partial charge in [0.2, 0.25) is 5.91 Å². The van der Waals surface area contributed by atoms with Crippen LogP contribution in [0.5, 0.6) is 0 Å². The summed E-state index contributed by atoms with van der Waals surface area (Å²) in [6.45, 7) is 0.886. The monoisotopic (exact) mass is 212 g/mol. The Morgan fingerprint density at radius 1 is 1.50 bits per heavy atom. The maximum absolute atomic E-state index is 11.7. The molecule has 6 heteroatoms. The average Bonchev–Trinajstić information content (AvgIpc) is 2.09. The van der Waals surface area contributed by atoms with Crippen LogP contribution in [0.3, 0.4) is 0 Å². The predicted molar refractivity (Wildman–Crippen MR) is 46.5 cm³/mol. The van der Waals surface area contributed by atoms with E-state index in [1.165, 1.54) is 0 Å². The molecular formula is C8H15F3N2O. The molecule has 0 rings (SSSR count). The fraction of sp³-hybridized carbons (Fsp3) is 0.875. The van der Waals surface area contributed by atoms with E-state index in [4.69, 9.17) is 5.73 Å². The van der Waals surface area contributed by atoms with E-state index < -0.39 is 18.6 Å². The van der Waals surface area contributed by atoms with Crippen LogP contribution in [0, 0.1) is 5.92 Å². The van der Waals surface area contributed by atoms with Gasteiger partial charge in [-0.25, -0.2) is 0 Å². The van der Waals surface area contributed by atoms with Crippen molar-refractivity contribution in [3.63, 3.8) is 0 Å². The summed E-state index contributed by atoms with van der Waals surface area (Å²) in [7, 11) is 0. The van der Waals surface area contributed by atoms with E-state index in [-0.39, 0.29) is 12.3 Å². The number of halogens is 3. The molecule has 0 fully saturated rings. The normalized spacial score (nSPS) is 13.8. The summed E-state index contributed by atoms with van der Waals surface area (Å²) in [5.41, 5.74) is 5.31. The number of alkyl halides is 3. The van der Waals surface area contributed by atoms with Gasteiger partial charge in [0, 0.05) is 6.42 Å². The van der Waals surface area contributed by atoms with Crippen molar-refractivity contribution in [1.82, 2.24) is 5.32 Å². The summed E-state index contributed by atoms with van der Waals surface area (Å²) >= 11 is 0. The summed E-state index contributed by atoms with van der Waals surface area (Å²) in [5.74, 6) is -0.636. The van der Waals surface area contributed by atoms with Crippen LogP contribution in [0.1, 0.15) is 19.8 Å². The number of amides is 1. The minimum atomic E-state index is -4.35. The van der Waals surface area contributed by atoms with Crippen LogP contribution in [-0.2, 0) is 4.79 Å². The van der Waals surface area contributed by atoms with Crippen molar-refractivity contribution in [2.24, 2.45) is 11.7 Å². The lowest BCUT2D eigenvalue weighted by Gasteiger charge is -2.12. The summed E-state index contributed by atoms with van der Waals surface area (Å²) in [6, 6.07) is 0. The van der Waals surface area contributed by atoms with E-state index in [1.807, 2.05) is 6.92 Å². The molecule has 0 bridgehead atoms. The van der Waals surface area contributed by atoms with Gasteiger partial charge in [-0.1, -0.05) is 13.3 Å². The Morgan fingerprint density at radius 2 is 2.07 bits per heavy atom. The molecule has 1 amide bonds. The summed E-state index contributed by atoms with van der Waals surface area (Å²) in [4.78, 5) is 11.0. The van der Waals surface area contributed by atoms with Crippen LogP contribution in [-0.4, -0.2) is 25.2 Å². The van der Waals surface area contributed by atoms with Gasteiger partial charge in [-0.15, -0.1) is 0 Å². The molecule has 14 heavy (non-hydrogen) atoms. The van der Waals surface area contributed by atoms with Crippen molar-refractivity contribution < 1.29 is 18.0 Å². The molecule has 0 saturated heterocycles. The first-order valence-electron chi connectivity index (χ1n) is 4.42. The van der Waals surface area contributed by atoms with Gasteiger partial charge in [-0.05, 0) is 12.5 Å². The molecule has 0 aliphatic heterocycles. The van der Waals surface area contributed by atoms with Gasteiger partial charge in [0.1, 0.15) is 6.54 Å². The molecule has 0 aromatic rings. The molecule has 3 nitrogen and oxygen atoms in total. The summed E-state index contributed by atoms with van der Waals surface area (Å²) in [6.07, 6.45) is -3.60. The smallest absolute Gasteiger partial charge is 0.347 e. The molecule has 0 aromatic carbocycles. The molecule has 0 saturated carbocycles. The predicted octanol–water partition coefficient (Wildman–Crippen LogP) is 1.04. The largest absolute Gasteiger partial charge is 0.405 e. The van der Waals surface area contributed by atoms with Crippen LogP contribution in [0.15, 0.2) is 0 Å². The van der Waals surface area contributed by atoms with Gasteiger partial charge in [-0.3, -0.25) is 4.79 Å². The highest BCUT2D eigenvalue weighted by Gasteiger charge is 2.27. The maximum atomic E-state index is 11.7. The molecule has 0 heterocycles. The Hall–Kier alpha value is -0.780. The van der Waals surface area contributed by atoms with Crippen molar-refractivity contribution >= 4 is 5.91 Å². The second-order valence-corrected chi connectivity index (χ2v) is 3.11. The fourth-order valence-corrected chi connectivity index (χ4v) is 0.928. The van der Waals surface area contributed by atoms with E-state index in [0.29, 0.717) is 13.0 Å². The second kappa shape index (κ2) is 5.85. The van der Waals surface area contributed by atoms with Crippen LogP contribution >= 0.6 is 0 Å². The first-order valence-corrected chi connectivity index (χ1v) is 4.42. The van der Waals surface area contributed by atoms with E-state index in [1.54, 1.807) is 5.32 Å². The van der Waals surface area contributed by atoms with Crippen LogP contribution in [0.2, 0.25) is 0 Å². The van der Waals surface area contributed by atoms with Gasteiger partial charge >= 0.3 is 6.18 Å². The third-order valence-electron chi connectivity index (χ3n) is 1.87. The second-order valence-electron chi connectivity index (χ2n) is 3.11. The Balaban J connectivity index is 3.75. The lowest BCUT2D eigenvalue weighted by molar-refractivity contribution is -0.138. The first-order chi connectivity index (χ1) is 6.39. The number of nitrogens with two attached hydrogens (primary N) is 1. The molecule has 0 radical (unpaired) electrons. The summed E-state index contributed by atoms with van der Waals surface area (Å²) in [5, 5.41) is 1.80. The number of hydrogen-bond donors (Lipinski definition) is 2. The molecule has 1 unspecified atom stereocenters. The Labute approximate surface area is 80.8 Å². The van der Waals surface area contributed by atoms with Gasteiger partial charge in [0.05, 0.1) is 0 Å². The van der Waals surface area contributed by atoms with E-state index in [0.717, 1.165) is 0 Å². The van der Waals surface area contributed by atoms with Crippen molar-refractivity contribution in [3.05, 3.63) is 0 Å². The van der Waals surface area contributed by atoms with E-state index in [2.05, 4.69) is 0 Å². The van der Waals surface area contributed by atoms with Gasteiger partial charge in [0.15, 0.2) is 0 Å². The highest BCUT2D eigenvalue weighted by molar-refractivity contribution is 5.76. The SMILES string of the molecule is CCC(CN)CC(=O)NCC(F)(F)F. The van der Waals surface area contributed by atoms with Crippen LogP contribution in [0.4, 0.5) is 13.2 Å². The third-order valence-corrected chi connectivity index (χ3v) is 1.87. The minimum Gasteiger partial charge on any atom is -0.347 e. The quantitative estimate of drug-likeness (QED) is 0.715. The number of rotatable bonds is 5. The number of carbonyl (C=O) groups is 1. The lowest BCUT2D eigenvalue weighted by atomic mass is 10.0. The van der Waals surface area contributed by atoms with E-state index >= 15 is 0 Å². The van der Waals surface area contributed by atoms with Crippen molar-refractivity contribution in [3.8, 4) is 0 Å². The van der Waals surface area contributed by atoms with Crippen molar-refractivity contribution in [2.45, 2.75) is 25.9 Å². The molecule has 84 valence electrons. The van der Waals surface area contributed by atoms with Crippen molar-refractivity contribution in [2.75, 3.05) is 13.1 Å². The Kier molecular flexibility index (Phi) is 5.52.